The fourth-order valence-corrected chi connectivity index (χ4v) is 3.48. The first-order valence-corrected chi connectivity index (χ1v) is 8.22. The fourth-order valence-electron chi connectivity index (χ4n) is 2.66. The first kappa shape index (κ1) is 15.1. The van der Waals surface area contributed by atoms with E-state index in [1.54, 1.807) is 6.07 Å². The van der Waals surface area contributed by atoms with E-state index in [9.17, 15) is 9.18 Å². The van der Waals surface area contributed by atoms with Crippen molar-refractivity contribution >= 4 is 17.2 Å². The molecule has 3 rings (SSSR count). The average Bonchev–Trinajstić information content (AvgIpc) is 3.16. The molecule has 2 aromatic rings. The number of carbonyl (C=O) groups is 1. The van der Waals surface area contributed by atoms with E-state index in [0.717, 1.165) is 35.8 Å². The Bertz CT molecular complexity index is 673. The first-order valence-electron chi connectivity index (χ1n) is 7.34. The van der Waals surface area contributed by atoms with Crippen molar-refractivity contribution in [2.45, 2.75) is 12.8 Å². The summed E-state index contributed by atoms with van der Waals surface area (Å²) in [4.78, 5) is 18.6. The lowest BCUT2D eigenvalue weighted by atomic mass is 10.1. The van der Waals surface area contributed by atoms with Crippen LogP contribution in [0.25, 0.3) is 10.6 Å². The van der Waals surface area contributed by atoms with Gasteiger partial charge in [-0.25, -0.2) is 9.37 Å². The number of likely N-dealkylation sites (tertiary alicyclic amines) is 1. The molecule has 1 amide bonds. The number of nitrogens with two attached hydrogens (primary N) is 1. The summed E-state index contributed by atoms with van der Waals surface area (Å²) < 4.78 is 13.3. The van der Waals surface area contributed by atoms with Gasteiger partial charge in [0.25, 0.3) is 0 Å². The summed E-state index contributed by atoms with van der Waals surface area (Å²) in [6, 6.07) is 6.34. The van der Waals surface area contributed by atoms with Crippen molar-refractivity contribution in [1.29, 1.82) is 0 Å². The Kier molecular flexibility index (Phi) is 4.49. The molecule has 2 N–H and O–H groups in total. The molecule has 1 aliphatic rings. The summed E-state index contributed by atoms with van der Waals surface area (Å²) in [5, 5.41) is 2.61. The highest BCUT2D eigenvalue weighted by molar-refractivity contribution is 7.13. The van der Waals surface area contributed by atoms with Crippen LogP contribution in [0.4, 0.5) is 4.39 Å². The van der Waals surface area contributed by atoms with E-state index in [0.29, 0.717) is 18.9 Å². The molecule has 0 radical (unpaired) electrons. The number of benzene rings is 1. The predicted molar refractivity (Wildman–Crippen MR) is 85.0 cm³/mol. The summed E-state index contributed by atoms with van der Waals surface area (Å²) in [5.74, 6) is 0.226. The second kappa shape index (κ2) is 6.54. The second-order valence-corrected chi connectivity index (χ2v) is 6.42. The van der Waals surface area contributed by atoms with Crippen LogP contribution in [0.5, 0.6) is 0 Å². The molecule has 2 heterocycles. The fraction of sp³-hybridized carbons (Fsp3) is 0.375. The van der Waals surface area contributed by atoms with Gasteiger partial charge in [0, 0.05) is 24.0 Å². The van der Waals surface area contributed by atoms with Crippen LogP contribution < -0.4 is 5.73 Å². The van der Waals surface area contributed by atoms with Crippen molar-refractivity contribution in [2.24, 2.45) is 11.7 Å². The summed E-state index contributed by atoms with van der Waals surface area (Å²) in [6.07, 6.45) is 1.27. The van der Waals surface area contributed by atoms with Crippen LogP contribution >= 0.6 is 11.3 Å². The van der Waals surface area contributed by atoms with Crippen LogP contribution in [0.3, 0.4) is 0 Å². The zero-order chi connectivity index (χ0) is 15.5. The summed E-state index contributed by atoms with van der Waals surface area (Å²) >= 11 is 1.43. The predicted octanol–water partition coefficient (Wildman–Crippen LogP) is 2.30. The highest BCUT2D eigenvalue weighted by Gasteiger charge is 2.25. The number of hydrogen-bond donors (Lipinski definition) is 1. The number of carbonyl (C=O) groups excluding carboxylic acids is 1. The number of halogens is 1. The molecule has 116 valence electrons. The molecule has 4 nitrogen and oxygen atoms in total. The molecule has 1 unspecified atom stereocenters. The van der Waals surface area contributed by atoms with E-state index in [-0.39, 0.29) is 11.7 Å². The Balaban J connectivity index is 1.66. The Morgan fingerprint density at radius 2 is 2.36 bits per heavy atom. The molecular weight excluding hydrogens is 301 g/mol. The SMILES string of the molecule is NCC1CCN(C(=O)Cc2csc(-c3cccc(F)c3)n2)C1. The summed E-state index contributed by atoms with van der Waals surface area (Å²) in [5.41, 5.74) is 7.13. The van der Waals surface area contributed by atoms with Crippen molar-refractivity contribution < 1.29 is 9.18 Å². The Labute approximate surface area is 132 Å². The minimum Gasteiger partial charge on any atom is -0.342 e. The second-order valence-electron chi connectivity index (χ2n) is 5.56. The number of hydrogen-bond acceptors (Lipinski definition) is 4. The van der Waals surface area contributed by atoms with Gasteiger partial charge < -0.3 is 10.6 Å². The third kappa shape index (κ3) is 3.34. The largest absolute Gasteiger partial charge is 0.342 e. The van der Waals surface area contributed by atoms with E-state index in [4.69, 9.17) is 5.73 Å². The van der Waals surface area contributed by atoms with Crippen molar-refractivity contribution in [2.75, 3.05) is 19.6 Å². The molecule has 0 bridgehead atoms. The highest BCUT2D eigenvalue weighted by Crippen LogP contribution is 2.25. The van der Waals surface area contributed by atoms with Crippen LogP contribution in [-0.2, 0) is 11.2 Å². The number of nitrogens with zero attached hydrogens (tertiary/aromatic N) is 2. The van der Waals surface area contributed by atoms with Gasteiger partial charge in [0.2, 0.25) is 5.91 Å². The zero-order valence-electron chi connectivity index (χ0n) is 12.2. The summed E-state index contributed by atoms with van der Waals surface area (Å²) in [6.45, 7) is 2.15. The highest BCUT2D eigenvalue weighted by atomic mass is 32.1. The van der Waals surface area contributed by atoms with Gasteiger partial charge in [-0.3, -0.25) is 4.79 Å². The molecule has 6 heteroatoms. The number of rotatable bonds is 4. The van der Waals surface area contributed by atoms with Crippen LogP contribution in [0.1, 0.15) is 12.1 Å². The molecule has 22 heavy (non-hydrogen) atoms. The molecule has 0 spiro atoms. The van der Waals surface area contributed by atoms with Gasteiger partial charge in [0.05, 0.1) is 12.1 Å². The van der Waals surface area contributed by atoms with Gasteiger partial charge in [0.15, 0.2) is 0 Å². The van der Waals surface area contributed by atoms with Crippen LogP contribution in [0.15, 0.2) is 29.6 Å². The molecule has 1 atom stereocenters. The van der Waals surface area contributed by atoms with Crippen molar-refractivity contribution in [1.82, 2.24) is 9.88 Å². The molecule has 0 aliphatic carbocycles. The molecule has 1 aliphatic heterocycles. The molecule has 1 aromatic heterocycles. The minimum atomic E-state index is -0.282. The van der Waals surface area contributed by atoms with E-state index in [2.05, 4.69) is 4.98 Å². The van der Waals surface area contributed by atoms with Crippen molar-refractivity contribution in [3.63, 3.8) is 0 Å². The number of amides is 1. The van der Waals surface area contributed by atoms with Gasteiger partial charge in [-0.2, -0.15) is 0 Å². The maximum Gasteiger partial charge on any atom is 0.228 e. The van der Waals surface area contributed by atoms with Crippen LogP contribution in [0.2, 0.25) is 0 Å². The van der Waals surface area contributed by atoms with E-state index >= 15 is 0 Å². The van der Waals surface area contributed by atoms with Crippen molar-refractivity contribution in [3.05, 3.63) is 41.2 Å². The lowest BCUT2D eigenvalue weighted by molar-refractivity contribution is -0.129. The molecule has 1 saturated heterocycles. The average molecular weight is 319 g/mol. The molecule has 0 saturated carbocycles. The van der Waals surface area contributed by atoms with Gasteiger partial charge >= 0.3 is 0 Å². The van der Waals surface area contributed by atoms with Crippen LogP contribution in [-0.4, -0.2) is 35.4 Å². The van der Waals surface area contributed by atoms with Gasteiger partial charge in [-0.15, -0.1) is 11.3 Å². The third-order valence-corrected chi connectivity index (χ3v) is 4.87. The maximum absolute atomic E-state index is 13.3. The van der Waals surface area contributed by atoms with E-state index < -0.39 is 0 Å². The zero-order valence-corrected chi connectivity index (χ0v) is 13.0. The lowest BCUT2D eigenvalue weighted by Gasteiger charge is -2.15. The quantitative estimate of drug-likeness (QED) is 0.941. The number of aromatic nitrogens is 1. The van der Waals surface area contributed by atoms with E-state index in [1.165, 1.54) is 23.5 Å². The standard InChI is InChI=1S/C16H18FN3OS/c17-13-3-1-2-12(6-13)16-19-14(10-22-16)7-15(21)20-5-4-11(8-18)9-20/h1-3,6,10-11H,4-5,7-9,18H2. The topological polar surface area (TPSA) is 59.2 Å². The summed E-state index contributed by atoms with van der Waals surface area (Å²) in [7, 11) is 0. The normalized spacial score (nSPS) is 17.9. The first-order chi connectivity index (χ1) is 10.7. The van der Waals surface area contributed by atoms with Gasteiger partial charge in [-0.05, 0) is 31.0 Å². The van der Waals surface area contributed by atoms with Gasteiger partial charge in [0.1, 0.15) is 10.8 Å². The lowest BCUT2D eigenvalue weighted by Crippen LogP contribution is -2.31. The Morgan fingerprint density at radius 1 is 1.50 bits per heavy atom. The third-order valence-electron chi connectivity index (χ3n) is 3.93. The Morgan fingerprint density at radius 3 is 3.09 bits per heavy atom. The molecule has 1 fully saturated rings. The number of thiazole rings is 1. The van der Waals surface area contributed by atoms with E-state index in [1.807, 2.05) is 16.3 Å². The smallest absolute Gasteiger partial charge is 0.228 e. The Hall–Kier alpha value is -1.79. The molecular formula is C16H18FN3OS. The monoisotopic (exact) mass is 319 g/mol. The minimum absolute atomic E-state index is 0.0899. The van der Waals surface area contributed by atoms with Gasteiger partial charge in [-0.1, -0.05) is 12.1 Å². The van der Waals surface area contributed by atoms with Crippen LogP contribution in [0, 0.1) is 11.7 Å². The van der Waals surface area contributed by atoms with Crippen molar-refractivity contribution in [3.8, 4) is 10.6 Å². The maximum atomic E-state index is 13.3. The molecule has 1 aromatic carbocycles.